The Labute approximate surface area is 268 Å². The van der Waals surface area contributed by atoms with Crippen LogP contribution in [0.3, 0.4) is 0 Å². The molecule has 0 aliphatic carbocycles. The number of nitrogens with one attached hydrogen (secondary N) is 2. The van der Waals surface area contributed by atoms with Gasteiger partial charge in [-0.05, 0) is 36.6 Å². The number of unbranched alkanes of at least 4 members (excludes halogenated alkanes) is 3. The fourth-order valence-corrected chi connectivity index (χ4v) is 7.10. The Morgan fingerprint density at radius 2 is 1.64 bits per heavy atom. The lowest BCUT2D eigenvalue weighted by atomic mass is 10.0. The van der Waals surface area contributed by atoms with Crippen molar-refractivity contribution in [3.63, 3.8) is 0 Å². The van der Waals surface area contributed by atoms with E-state index in [-0.39, 0.29) is 42.4 Å². The van der Waals surface area contributed by atoms with Crippen LogP contribution in [0.5, 0.6) is 0 Å². The number of carbonyl (C=O) groups excluding carboxylic acids is 3. The predicted molar refractivity (Wildman–Crippen MR) is 180 cm³/mol. The van der Waals surface area contributed by atoms with Gasteiger partial charge in [0.1, 0.15) is 0 Å². The van der Waals surface area contributed by atoms with E-state index in [4.69, 9.17) is 9.42 Å². The molecule has 9 nitrogen and oxygen atoms in total. The summed E-state index contributed by atoms with van der Waals surface area (Å²) in [6, 6.07) is 15.4. The van der Waals surface area contributed by atoms with Gasteiger partial charge < -0.3 is 25.0 Å². The van der Waals surface area contributed by atoms with Crippen LogP contribution < -0.4 is 15.5 Å². The van der Waals surface area contributed by atoms with Gasteiger partial charge in [0.2, 0.25) is 17.7 Å². The Kier molecular flexibility index (Phi) is 15.4. The molecule has 2 aromatic rings. The summed E-state index contributed by atoms with van der Waals surface area (Å²) >= 11 is 0. The summed E-state index contributed by atoms with van der Waals surface area (Å²) < 4.78 is 15.9. The lowest BCUT2D eigenvalue weighted by molar-refractivity contribution is -0.125. The maximum atomic E-state index is 13.3. The second-order valence-corrected chi connectivity index (χ2v) is 15.4. The fraction of sp³-hybridized carbons (Fsp3) is 0.469. The number of para-hydroxylation sites is 1. The number of carbonyl (C=O) groups is 3. The minimum Gasteiger partial charge on any atom is -0.356 e. The Morgan fingerprint density at radius 1 is 0.955 bits per heavy atom. The predicted octanol–water partition coefficient (Wildman–Crippen LogP) is 5.50. The van der Waals surface area contributed by atoms with Gasteiger partial charge in [0.15, 0.2) is 0 Å². The summed E-state index contributed by atoms with van der Waals surface area (Å²) in [5.41, 5.74) is 3.41. The van der Waals surface area contributed by atoms with E-state index in [1.165, 1.54) is 6.66 Å². The molecule has 0 fully saturated rings. The molecule has 1 aliphatic rings. The first-order valence-electron chi connectivity index (χ1n) is 14.9. The Bertz CT molecular complexity index is 1370. The largest absolute Gasteiger partial charge is 0.356 e. The van der Waals surface area contributed by atoms with Gasteiger partial charge in [-0.15, -0.1) is 0 Å². The molecule has 12 heteroatoms. The molecule has 0 bridgehead atoms. The molecule has 0 spiro atoms. The molecule has 1 aliphatic heterocycles. The number of anilines is 1. The van der Waals surface area contributed by atoms with Crippen LogP contribution in [-0.4, -0.2) is 60.0 Å². The van der Waals surface area contributed by atoms with Crippen LogP contribution in [-0.2, 0) is 30.0 Å². The molecule has 3 N–H and O–H groups in total. The van der Waals surface area contributed by atoms with E-state index >= 15 is 0 Å². The van der Waals surface area contributed by atoms with E-state index in [2.05, 4.69) is 22.5 Å². The van der Waals surface area contributed by atoms with E-state index in [9.17, 15) is 18.9 Å². The van der Waals surface area contributed by atoms with Crippen LogP contribution in [0.15, 0.2) is 48.5 Å². The molecular formula is C32H42N3O6PS2. The number of rotatable bonds is 18. The van der Waals surface area contributed by atoms with Gasteiger partial charge in [-0.2, -0.15) is 0 Å². The second kappa shape index (κ2) is 18.9. The number of amides is 3. The quantitative estimate of drug-likeness (QED) is 0.0830. The van der Waals surface area contributed by atoms with Gasteiger partial charge in [-0.3, -0.25) is 18.9 Å². The Morgan fingerprint density at radius 3 is 2.43 bits per heavy atom. The summed E-state index contributed by atoms with van der Waals surface area (Å²) in [5, 5.41) is 5.96. The topological polar surface area (TPSA) is 125 Å². The molecule has 1 heterocycles. The number of nitrogens with zero attached hydrogens (tertiary/aromatic N) is 1. The summed E-state index contributed by atoms with van der Waals surface area (Å²) in [4.78, 5) is 48.7. The Balaban J connectivity index is 1.27. The zero-order valence-corrected chi connectivity index (χ0v) is 27.9. The molecule has 3 amide bonds. The smallest absolute Gasteiger partial charge is 0.325 e. The van der Waals surface area contributed by atoms with Gasteiger partial charge in [-0.1, -0.05) is 83.5 Å². The third kappa shape index (κ3) is 13.5. The number of fused-ring (bicyclic) bond motifs is 2. The van der Waals surface area contributed by atoms with E-state index in [0.717, 1.165) is 48.1 Å². The monoisotopic (exact) mass is 659 g/mol. The lowest BCUT2D eigenvalue weighted by Gasteiger charge is -2.26. The fourth-order valence-electron chi connectivity index (χ4n) is 4.46. The molecule has 0 aromatic heterocycles. The summed E-state index contributed by atoms with van der Waals surface area (Å²) in [6.45, 7) is 4.95. The summed E-state index contributed by atoms with van der Waals surface area (Å²) in [7, 11) is -0.171. The van der Waals surface area contributed by atoms with Crippen molar-refractivity contribution < 1.29 is 28.4 Å². The third-order valence-corrected chi connectivity index (χ3v) is 10.2. The van der Waals surface area contributed by atoms with Crippen LogP contribution in [0.1, 0.15) is 68.6 Å². The van der Waals surface area contributed by atoms with Crippen molar-refractivity contribution in [1.29, 1.82) is 0 Å². The van der Waals surface area contributed by atoms with E-state index in [0.29, 0.717) is 31.8 Å². The third-order valence-electron chi connectivity index (χ3n) is 6.68. The molecule has 44 heavy (non-hydrogen) atoms. The maximum absolute atomic E-state index is 13.3. The van der Waals surface area contributed by atoms with Crippen LogP contribution in [0.25, 0.3) is 0 Å². The van der Waals surface area contributed by atoms with Crippen LogP contribution in [0.4, 0.5) is 5.69 Å². The van der Waals surface area contributed by atoms with E-state index < -0.39 is 7.60 Å². The minimum atomic E-state index is -3.39. The molecule has 2 atom stereocenters. The first-order valence-corrected chi connectivity index (χ1v) is 19.3. The first-order chi connectivity index (χ1) is 21.1. The molecule has 238 valence electrons. The van der Waals surface area contributed by atoms with Gasteiger partial charge in [0.25, 0.3) is 0 Å². The maximum Gasteiger partial charge on any atom is 0.325 e. The second-order valence-electron chi connectivity index (χ2n) is 10.6. The van der Waals surface area contributed by atoms with Crippen LogP contribution in [0.2, 0.25) is 0 Å². The normalized spacial score (nSPS) is 14.0. The van der Waals surface area contributed by atoms with Crippen molar-refractivity contribution >= 4 is 52.6 Å². The van der Waals surface area contributed by atoms with Gasteiger partial charge in [0.05, 0.1) is 18.8 Å². The number of benzene rings is 2. The standard InChI is InChI=1S/C32H42N3O6PS2/c1-25(23-31(37)33-19-9-3-4-10-21-41-42(2,39)40)44-43-22-20-34-30(36)17-18-32(38)35-24-28-13-6-5-11-26(28)15-16-27-12-7-8-14-29(27)35/h5-8,11-14,25H,3-4,9-10,17-24H2,1-2H3,(H,33,37)(H,34,36)(H,39,40). The first kappa shape index (κ1) is 35.7. The molecule has 0 saturated carbocycles. The van der Waals surface area contributed by atoms with Gasteiger partial charge in [0, 0.05) is 61.1 Å². The zero-order chi connectivity index (χ0) is 31.8. The highest BCUT2D eigenvalue weighted by Gasteiger charge is 2.21. The van der Waals surface area contributed by atoms with Crippen LogP contribution in [0, 0.1) is 11.8 Å². The van der Waals surface area contributed by atoms with E-state index in [1.54, 1.807) is 26.5 Å². The average Bonchev–Trinajstić information content (AvgIpc) is 2.97. The minimum absolute atomic E-state index is 0.0114. The van der Waals surface area contributed by atoms with Crippen molar-refractivity contribution in [2.45, 2.75) is 63.7 Å². The molecular weight excluding hydrogens is 617 g/mol. The number of hydrogen-bond acceptors (Lipinski definition) is 7. The molecule has 2 unspecified atom stereocenters. The molecule has 0 radical (unpaired) electrons. The average molecular weight is 660 g/mol. The highest BCUT2D eigenvalue weighted by atomic mass is 33.1. The van der Waals surface area contributed by atoms with Crippen molar-refractivity contribution in [3.05, 3.63) is 65.2 Å². The van der Waals surface area contributed by atoms with Gasteiger partial charge in [-0.25, -0.2) is 0 Å². The summed E-state index contributed by atoms with van der Waals surface area (Å²) in [6.07, 6.45) is 3.99. The highest BCUT2D eigenvalue weighted by Crippen LogP contribution is 2.36. The SMILES string of the molecule is CC(CC(=O)NCCCCCCOP(C)(=O)O)SSCCNC(=O)CCC(=O)N1Cc2ccccc2C#Cc2ccccc21. The molecule has 3 rings (SSSR count). The highest BCUT2D eigenvalue weighted by molar-refractivity contribution is 8.76. The van der Waals surface area contributed by atoms with Crippen molar-refractivity contribution in [3.8, 4) is 11.8 Å². The molecule has 2 aromatic carbocycles. The van der Waals surface area contributed by atoms with E-state index in [1.807, 2.05) is 55.5 Å². The summed E-state index contributed by atoms with van der Waals surface area (Å²) in [5.74, 6) is 6.82. The van der Waals surface area contributed by atoms with Crippen molar-refractivity contribution in [1.82, 2.24) is 10.6 Å². The van der Waals surface area contributed by atoms with Gasteiger partial charge >= 0.3 is 7.60 Å². The zero-order valence-electron chi connectivity index (χ0n) is 25.4. The van der Waals surface area contributed by atoms with Crippen molar-refractivity contribution in [2.75, 3.05) is 37.0 Å². The Hall–Kier alpha value is -2.74. The number of hydrogen-bond donors (Lipinski definition) is 3. The van der Waals surface area contributed by atoms with Crippen molar-refractivity contribution in [2.24, 2.45) is 0 Å². The van der Waals surface area contributed by atoms with Crippen LogP contribution >= 0.6 is 29.2 Å². The lowest BCUT2D eigenvalue weighted by Crippen LogP contribution is -2.33. The molecule has 0 saturated heterocycles.